The van der Waals surface area contributed by atoms with Crippen molar-refractivity contribution in [3.05, 3.63) is 30.3 Å². The molecule has 5 nitrogen and oxygen atoms in total. The van der Waals surface area contributed by atoms with Gasteiger partial charge in [-0.05, 0) is 26.0 Å². The third-order valence-electron chi connectivity index (χ3n) is 4.29. The number of carbonyl (C=O) groups excluding carboxylic acids is 2. The number of ether oxygens (including phenoxy) is 1. The minimum Gasteiger partial charge on any atom is -0.466 e. The number of hydrogen-bond donors (Lipinski definition) is 2. The van der Waals surface area contributed by atoms with Gasteiger partial charge in [-0.3, -0.25) is 9.59 Å². The first kappa shape index (κ1) is 16.5. The van der Waals surface area contributed by atoms with Crippen LogP contribution in [-0.4, -0.2) is 37.6 Å². The molecule has 1 atom stereocenters. The summed E-state index contributed by atoms with van der Waals surface area (Å²) >= 11 is 0. The fraction of sp³-hybridized carbons (Fsp3) is 0.529. The average Bonchev–Trinajstić information content (AvgIpc) is 2.55. The zero-order valence-electron chi connectivity index (χ0n) is 13.3. The molecule has 0 bridgehead atoms. The molecule has 1 amide bonds. The Morgan fingerprint density at radius 1 is 1.27 bits per heavy atom. The molecule has 2 rings (SSSR count). The minimum absolute atomic E-state index is 0.00640. The third kappa shape index (κ3) is 4.31. The molecule has 0 spiro atoms. The summed E-state index contributed by atoms with van der Waals surface area (Å²) in [6.07, 6.45) is 1.58. The maximum Gasteiger partial charge on any atom is 0.309 e. The number of benzene rings is 1. The lowest BCUT2D eigenvalue weighted by Crippen LogP contribution is -3.17. The van der Waals surface area contributed by atoms with Crippen LogP contribution < -0.4 is 10.2 Å². The maximum absolute atomic E-state index is 12.3. The number of piperidine rings is 1. The number of para-hydroxylation sites is 1. The molecule has 0 saturated carbocycles. The fourth-order valence-corrected chi connectivity index (χ4v) is 2.87. The Morgan fingerprint density at radius 3 is 2.50 bits per heavy atom. The van der Waals surface area contributed by atoms with Gasteiger partial charge in [0.2, 0.25) is 0 Å². The van der Waals surface area contributed by atoms with E-state index in [-0.39, 0.29) is 23.8 Å². The Bertz CT molecular complexity index is 496. The zero-order chi connectivity index (χ0) is 15.9. The first-order valence-electron chi connectivity index (χ1n) is 7.99. The van der Waals surface area contributed by atoms with Gasteiger partial charge in [0.1, 0.15) is 0 Å². The second kappa shape index (κ2) is 7.94. The van der Waals surface area contributed by atoms with E-state index in [9.17, 15) is 9.59 Å². The highest BCUT2D eigenvalue weighted by Crippen LogP contribution is 2.12. The number of quaternary nitrogens is 1. The Morgan fingerprint density at radius 2 is 1.91 bits per heavy atom. The standard InChI is InChI=1S/C17H24N2O3/c1-3-22-17(21)14-9-11-19(12-10-14)13(2)16(20)18-15-7-5-4-6-8-15/h4-8,13-14H,3,9-12H2,1-2H3,(H,18,20)/p+1/t13-/m1/s1. The zero-order valence-corrected chi connectivity index (χ0v) is 13.3. The first-order chi connectivity index (χ1) is 10.6. The molecule has 0 radical (unpaired) electrons. The van der Waals surface area contributed by atoms with Gasteiger partial charge < -0.3 is 15.0 Å². The van der Waals surface area contributed by atoms with E-state index >= 15 is 0 Å². The molecule has 1 heterocycles. The Kier molecular flexibility index (Phi) is 5.95. The van der Waals surface area contributed by atoms with Crippen LogP contribution in [0.1, 0.15) is 26.7 Å². The van der Waals surface area contributed by atoms with Crippen LogP contribution in [0.25, 0.3) is 0 Å². The predicted molar refractivity (Wildman–Crippen MR) is 84.6 cm³/mol. The Hall–Kier alpha value is -1.88. The van der Waals surface area contributed by atoms with Crippen LogP contribution in [-0.2, 0) is 14.3 Å². The van der Waals surface area contributed by atoms with Crippen LogP contribution in [0.5, 0.6) is 0 Å². The maximum atomic E-state index is 12.3. The Labute approximate surface area is 131 Å². The fourth-order valence-electron chi connectivity index (χ4n) is 2.87. The molecule has 1 aliphatic heterocycles. The molecule has 5 heteroatoms. The minimum atomic E-state index is -0.122. The summed E-state index contributed by atoms with van der Waals surface area (Å²) in [5, 5.41) is 2.94. The van der Waals surface area contributed by atoms with Crippen molar-refractivity contribution in [3.8, 4) is 0 Å². The number of amides is 1. The lowest BCUT2D eigenvalue weighted by molar-refractivity contribution is -0.919. The average molecular weight is 305 g/mol. The summed E-state index contributed by atoms with van der Waals surface area (Å²) < 4.78 is 5.08. The normalized spacial score (nSPS) is 22.6. The van der Waals surface area contributed by atoms with Gasteiger partial charge >= 0.3 is 5.97 Å². The molecule has 0 aliphatic carbocycles. The number of carbonyl (C=O) groups is 2. The molecule has 0 aromatic heterocycles. The van der Waals surface area contributed by atoms with E-state index in [4.69, 9.17) is 4.74 Å². The summed E-state index contributed by atoms with van der Waals surface area (Å²) in [5.74, 6) is -0.0770. The molecular formula is C17H25N2O3+. The number of esters is 1. The number of rotatable bonds is 5. The second-order valence-electron chi connectivity index (χ2n) is 5.76. The van der Waals surface area contributed by atoms with Crippen molar-refractivity contribution in [2.75, 3.05) is 25.0 Å². The van der Waals surface area contributed by atoms with Crippen molar-refractivity contribution in [2.24, 2.45) is 5.92 Å². The number of anilines is 1. The van der Waals surface area contributed by atoms with E-state index in [0.29, 0.717) is 6.61 Å². The highest BCUT2D eigenvalue weighted by Gasteiger charge is 2.33. The first-order valence-corrected chi connectivity index (χ1v) is 7.99. The van der Waals surface area contributed by atoms with Gasteiger partial charge in [0.05, 0.1) is 25.6 Å². The molecule has 1 fully saturated rings. The van der Waals surface area contributed by atoms with E-state index in [0.717, 1.165) is 31.6 Å². The van der Waals surface area contributed by atoms with Crippen molar-refractivity contribution in [1.29, 1.82) is 0 Å². The van der Waals surface area contributed by atoms with Crippen LogP contribution in [0, 0.1) is 5.92 Å². The lowest BCUT2D eigenvalue weighted by Gasteiger charge is -2.31. The van der Waals surface area contributed by atoms with E-state index in [2.05, 4.69) is 5.32 Å². The van der Waals surface area contributed by atoms with Crippen LogP contribution in [0.15, 0.2) is 30.3 Å². The predicted octanol–water partition coefficient (Wildman–Crippen LogP) is 0.872. The molecule has 1 aliphatic rings. The highest BCUT2D eigenvalue weighted by atomic mass is 16.5. The molecule has 2 N–H and O–H groups in total. The van der Waals surface area contributed by atoms with Gasteiger partial charge in [-0.15, -0.1) is 0 Å². The summed E-state index contributed by atoms with van der Waals surface area (Å²) in [5.41, 5.74) is 0.820. The molecule has 22 heavy (non-hydrogen) atoms. The van der Waals surface area contributed by atoms with Crippen LogP contribution in [0.4, 0.5) is 5.69 Å². The molecule has 1 aromatic rings. The lowest BCUT2D eigenvalue weighted by atomic mass is 9.96. The summed E-state index contributed by atoms with van der Waals surface area (Å²) in [4.78, 5) is 25.3. The quantitative estimate of drug-likeness (QED) is 0.794. The van der Waals surface area contributed by atoms with E-state index in [1.165, 1.54) is 4.90 Å². The van der Waals surface area contributed by atoms with Gasteiger partial charge in [-0.2, -0.15) is 0 Å². The highest BCUT2D eigenvalue weighted by molar-refractivity contribution is 5.93. The van der Waals surface area contributed by atoms with Crippen molar-refractivity contribution in [1.82, 2.24) is 0 Å². The van der Waals surface area contributed by atoms with Gasteiger partial charge in [-0.1, -0.05) is 18.2 Å². The second-order valence-corrected chi connectivity index (χ2v) is 5.76. The van der Waals surface area contributed by atoms with E-state index in [1.54, 1.807) is 0 Å². The van der Waals surface area contributed by atoms with Crippen LogP contribution in [0.3, 0.4) is 0 Å². The molecular weight excluding hydrogens is 280 g/mol. The summed E-state index contributed by atoms with van der Waals surface area (Å²) in [6, 6.07) is 9.36. The van der Waals surface area contributed by atoms with Crippen LogP contribution >= 0.6 is 0 Å². The van der Waals surface area contributed by atoms with E-state index in [1.807, 2.05) is 44.2 Å². The smallest absolute Gasteiger partial charge is 0.309 e. The molecule has 1 saturated heterocycles. The van der Waals surface area contributed by atoms with Crippen molar-refractivity contribution >= 4 is 17.6 Å². The van der Waals surface area contributed by atoms with Crippen molar-refractivity contribution < 1.29 is 19.2 Å². The monoisotopic (exact) mass is 305 g/mol. The van der Waals surface area contributed by atoms with Gasteiger partial charge in [-0.25, -0.2) is 0 Å². The molecule has 120 valence electrons. The van der Waals surface area contributed by atoms with Crippen LogP contribution in [0.2, 0.25) is 0 Å². The van der Waals surface area contributed by atoms with Gasteiger partial charge in [0, 0.05) is 18.5 Å². The topological polar surface area (TPSA) is 59.8 Å². The number of nitrogens with one attached hydrogen (secondary N) is 2. The molecule has 0 unspecified atom stereocenters. The van der Waals surface area contributed by atoms with Crippen molar-refractivity contribution in [2.45, 2.75) is 32.7 Å². The number of hydrogen-bond acceptors (Lipinski definition) is 3. The SMILES string of the molecule is CCOC(=O)C1CC[NH+]([C@H](C)C(=O)Nc2ccccc2)CC1. The van der Waals surface area contributed by atoms with E-state index < -0.39 is 0 Å². The summed E-state index contributed by atoms with van der Waals surface area (Å²) in [6.45, 7) is 5.86. The summed E-state index contributed by atoms with van der Waals surface area (Å²) in [7, 11) is 0. The van der Waals surface area contributed by atoms with Gasteiger partial charge in [0.15, 0.2) is 6.04 Å². The van der Waals surface area contributed by atoms with Gasteiger partial charge in [0.25, 0.3) is 5.91 Å². The molecule has 1 aromatic carbocycles. The largest absolute Gasteiger partial charge is 0.466 e. The third-order valence-corrected chi connectivity index (χ3v) is 4.29. The Balaban J connectivity index is 1.83. The van der Waals surface area contributed by atoms with Crippen molar-refractivity contribution in [3.63, 3.8) is 0 Å². The number of likely N-dealkylation sites (tertiary alicyclic amines) is 1.